The van der Waals surface area contributed by atoms with Crippen molar-refractivity contribution in [2.45, 2.75) is 109 Å². The predicted molar refractivity (Wildman–Crippen MR) is 164 cm³/mol. The van der Waals surface area contributed by atoms with Crippen LogP contribution in [0.25, 0.3) is 11.1 Å². The fourth-order valence-electron chi connectivity index (χ4n) is 7.85. The Kier molecular flexibility index (Phi) is 10.9. The molecule has 3 fully saturated rings. The van der Waals surface area contributed by atoms with Gasteiger partial charge in [-0.05, 0) is 143 Å². The summed E-state index contributed by atoms with van der Waals surface area (Å²) in [7, 11) is 0. The van der Waals surface area contributed by atoms with Gasteiger partial charge in [-0.1, -0.05) is 43.3 Å². The molecule has 0 radical (unpaired) electrons. The quantitative estimate of drug-likeness (QED) is 0.267. The molecule has 2 aromatic carbocycles. The van der Waals surface area contributed by atoms with Crippen LogP contribution in [0.3, 0.4) is 0 Å². The number of ether oxygens (including phenoxy) is 2. The summed E-state index contributed by atoms with van der Waals surface area (Å²) < 4.78 is 41.0. The molecule has 0 amide bonds. The van der Waals surface area contributed by atoms with Crippen molar-refractivity contribution in [2.75, 3.05) is 13.2 Å². The van der Waals surface area contributed by atoms with E-state index in [4.69, 9.17) is 9.47 Å². The number of halogens is 2. The van der Waals surface area contributed by atoms with E-state index in [1.165, 1.54) is 88.7 Å². The van der Waals surface area contributed by atoms with Crippen LogP contribution in [0.15, 0.2) is 48.6 Å². The molecule has 0 N–H and O–H groups in total. The molecular formula is C37H50F2O2. The lowest BCUT2D eigenvalue weighted by atomic mass is 9.67. The summed E-state index contributed by atoms with van der Waals surface area (Å²) in [6.45, 7) is 5.40. The van der Waals surface area contributed by atoms with Crippen molar-refractivity contribution >= 4 is 0 Å². The molecule has 2 aromatic rings. The first-order chi connectivity index (χ1) is 20.1. The van der Waals surface area contributed by atoms with Crippen molar-refractivity contribution in [2.24, 2.45) is 23.7 Å². The Labute approximate surface area is 246 Å². The third kappa shape index (κ3) is 7.61. The highest BCUT2D eigenvalue weighted by molar-refractivity contribution is 5.65. The summed E-state index contributed by atoms with van der Waals surface area (Å²) in [5.74, 6) is 2.10. The van der Waals surface area contributed by atoms with Crippen molar-refractivity contribution in [1.82, 2.24) is 0 Å². The fraction of sp³-hybridized carbons (Fsp3) is 0.622. The van der Waals surface area contributed by atoms with Gasteiger partial charge < -0.3 is 9.47 Å². The highest BCUT2D eigenvalue weighted by Crippen LogP contribution is 2.45. The molecule has 2 saturated carbocycles. The molecule has 0 aromatic heterocycles. The van der Waals surface area contributed by atoms with Gasteiger partial charge in [-0.25, -0.2) is 4.39 Å². The van der Waals surface area contributed by atoms with Crippen LogP contribution in [-0.4, -0.2) is 19.3 Å². The van der Waals surface area contributed by atoms with Gasteiger partial charge in [0.15, 0.2) is 11.6 Å². The first-order valence-electron chi connectivity index (χ1n) is 16.5. The summed E-state index contributed by atoms with van der Waals surface area (Å²) in [6, 6.07) is 11.3. The van der Waals surface area contributed by atoms with Crippen molar-refractivity contribution in [3.8, 4) is 16.9 Å². The van der Waals surface area contributed by atoms with E-state index in [1.54, 1.807) is 6.07 Å². The zero-order chi connectivity index (χ0) is 28.6. The summed E-state index contributed by atoms with van der Waals surface area (Å²) in [6.07, 6.45) is 21.3. The minimum absolute atomic E-state index is 0.0124. The Bertz CT molecular complexity index is 1100. The smallest absolute Gasteiger partial charge is 0.201 e. The highest BCUT2D eigenvalue weighted by atomic mass is 19.2. The second-order valence-corrected chi connectivity index (χ2v) is 13.0. The molecule has 1 saturated heterocycles. The van der Waals surface area contributed by atoms with Crippen LogP contribution in [0, 0.1) is 35.3 Å². The van der Waals surface area contributed by atoms with Crippen LogP contribution in [0.2, 0.25) is 0 Å². The van der Waals surface area contributed by atoms with Crippen LogP contribution in [0.5, 0.6) is 5.75 Å². The van der Waals surface area contributed by atoms with Gasteiger partial charge in [-0.3, -0.25) is 0 Å². The zero-order valence-electron chi connectivity index (χ0n) is 25.3. The molecular weight excluding hydrogens is 514 g/mol. The maximum absolute atomic E-state index is 14.8. The van der Waals surface area contributed by atoms with Crippen LogP contribution < -0.4 is 4.74 Å². The van der Waals surface area contributed by atoms with Gasteiger partial charge in [-0.2, -0.15) is 4.39 Å². The summed E-state index contributed by atoms with van der Waals surface area (Å²) in [5, 5.41) is 0. The Morgan fingerprint density at radius 2 is 1.49 bits per heavy atom. The lowest BCUT2D eigenvalue weighted by molar-refractivity contribution is -0.0614. The van der Waals surface area contributed by atoms with Crippen molar-refractivity contribution in [3.05, 3.63) is 65.7 Å². The van der Waals surface area contributed by atoms with Gasteiger partial charge in [0, 0.05) is 12.2 Å². The molecule has 2 unspecified atom stereocenters. The molecule has 4 heteroatoms. The van der Waals surface area contributed by atoms with E-state index >= 15 is 0 Å². The zero-order valence-corrected chi connectivity index (χ0v) is 25.3. The first kappa shape index (κ1) is 30.3. The minimum Gasteiger partial charge on any atom is -0.490 e. The van der Waals surface area contributed by atoms with Gasteiger partial charge in [0.1, 0.15) is 0 Å². The Morgan fingerprint density at radius 1 is 0.805 bits per heavy atom. The van der Waals surface area contributed by atoms with Crippen molar-refractivity contribution in [1.29, 1.82) is 0 Å². The maximum Gasteiger partial charge on any atom is 0.201 e. The molecule has 41 heavy (non-hydrogen) atoms. The molecule has 3 aliphatic rings. The van der Waals surface area contributed by atoms with Crippen LogP contribution >= 0.6 is 0 Å². The molecule has 0 spiro atoms. The van der Waals surface area contributed by atoms with Gasteiger partial charge in [0.25, 0.3) is 0 Å². The number of benzene rings is 2. The predicted octanol–water partition coefficient (Wildman–Crippen LogP) is 10.7. The first-order valence-corrected chi connectivity index (χ1v) is 16.5. The molecule has 2 nitrogen and oxygen atoms in total. The largest absolute Gasteiger partial charge is 0.490 e. The Hall–Kier alpha value is -2.20. The van der Waals surface area contributed by atoms with Gasteiger partial charge >= 0.3 is 0 Å². The number of hydrogen-bond donors (Lipinski definition) is 0. The summed E-state index contributed by atoms with van der Waals surface area (Å²) >= 11 is 0. The van der Waals surface area contributed by atoms with Gasteiger partial charge in [0.05, 0.1) is 12.7 Å². The molecule has 224 valence electrons. The minimum atomic E-state index is -0.900. The molecule has 1 aliphatic heterocycles. The van der Waals surface area contributed by atoms with E-state index in [9.17, 15) is 8.78 Å². The maximum atomic E-state index is 14.8. The average Bonchev–Trinajstić information content (AvgIpc) is 3.03. The van der Waals surface area contributed by atoms with Gasteiger partial charge in [0.2, 0.25) is 5.82 Å². The second kappa shape index (κ2) is 14.8. The van der Waals surface area contributed by atoms with E-state index in [0.29, 0.717) is 29.8 Å². The monoisotopic (exact) mass is 564 g/mol. The normalized spacial score (nSPS) is 29.1. The van der Waals surface area contributed by atoms with E-state index in [0.717, 1.165) is 36.7 Å². The molecule has 2 aliphatic carbocycles. The van der Waals surface area contributed by atoms with Crippen molar-refractivity contribution in [3.63, 3.8) is 0 Å². The molecule has 2 atom stereocenters. The standard InChI is InChI=1S/C37H50F2O2/c1-3-5-6-7-26-8-22-34(41-25-26)32-19-15-30(16-20-32)28-11-9-27(10-12-28)29-13-17-31(18-14-29)33-21-23-35(40-24-4-2)37(39)36(33)38/h3,5,13-14,17-18,21,23,26-28,30,32,34H,4,6-12,15-16,19-20,22,24-25H2,1-2H3/b5-3+. The van der Waals surface area contributed by atoms with Gasteiger partial charge in [-0.15, -0.1) is 0 Å². The van der Waals surface area contributed by atoms with E-state index in [2.05, 4.69) is 31.2 Å². The number of hydrogen-bond acceptors (Lipinski definition) is 2. The second-order valence-electron chi connectivity index (χ2n) is 13.0. The average molecular weight is 565 g/mol. The van der Waals surface area contributed by atoms with Crippen LogP contribution in [0.4, 0.5) is 8.78 Å². The van der Waals surface area contributed by atoms with Crippen molar-refractivity contribution < 1.29 is 18.3 Å². The summed E-state index contributed by atoms with van der Waals surface area (Å²) in [5.41, 5.74) is 2.34. The van der Waals surface area contributed by atoms with Crippen LogP contribution in [0.1, 0.15) is 109 Å². The van der Waals surface area contributed by atoms with E-state index < -0.39 is 11.6 Å². The third-order valence-electron chi connectivity index (χ3n) is 10.4. The highest BCUT2D eigenvalue weighted by Gasteiger charge is 2.35. The number of allylic oxidation sites excluding steroid dienone is 2. The molecule has 1 heterocycles. The fourth-order valence-corrected chi connectivity index (χ4v) is 7.85. The third-order valence-corrected chi connectivity index (χ3v) is 10.4. The molecule has 0 bridgehead atoms. The topological polar surface area (TPSA) is 18.5 Å². The Morgan fingerprint density at radius 3 is 2.12 bits per heavy atom. The lowest BCUT2D eigenvalue weighted by Gasteiger charge is -2.41. The molecule has 5 rings (SSSR count). The van der Waals surface area contributed by atoms with E-state index in [-0.39, 0.29) is 5.75 Å². The van der Waals surface area contributed by atoms with Crippen LogP contribution in [-0.2, 0) is 4.74 Å². The van der Waals surface area contributed by atoms with E-state index in [1.807, 2.05) is 19.1 Å². The lowest BCUT2D eigenvalue weighted by Crippen LogP contribution is -2.35. The SMILES string of the molecule is C/C=C/CCC1CCC(C2CCC(C3CCC(c4ccc(-c5ccc(OCCC)c(F)c5F)cc4)CC3)CC2)OC1. The number of rotatable bonds is 10. The Balaban J connectivity index is 1.06. The summed E-state index contributed by atoms with van der Waals surface area (Å²) in [4.78, 5) is 0.